The maximum atomic E-state index is 12.3. The Balaban J connectivity index is 1.48. The third-order valence-electron chi connectivity index (χ3n) is 4.52. The molecule has 0 aromatic heterocycles. The fourth-order valence-electron chi connectivity index (χ4n) is 2.97. The van der Waals surface area contributed by atoms with E-state index in [1.165, 1.54) is 12.1 Å². The molecule has 0 unspecified atom stereocenters. The quantitative estimate of drug-likeness (QED) is 0.640. The highest BCUT2D eigenvalue weighted by Gasteiger charge is 2.36. The lowest BCUT2D eigenvalue weighted by molar-refractivity contribution is -0.151. The standard InChI is InChI=1S/C21H19Cl2N3O5/c1-12-3-2-4-13(7-12)20(29)25-26-10-14(8-19(26)28)21(30)31-11-18(27)24-15-5-6-16(22)17(23)9-15/h2-7,9,14H,8,10-11H2,1H3,(H,24,27)(H,25,29)/t14-/m1/s1. The van der Waals surface area contributed by atoms with E-state index >= 15 is 0 Å². The molecule has 1 atom stereocenters. The molecule has 8 nitrogen and oxygen atoms in total. The van der Waals surface area contributed by atoms with Crippen molar-refractivity contribution in [1.29, 1.82) is 0 Å². The van der Waals surface area contributed by atoms with Gasteiger partial charge in [0.25, 0.3) is 11.8 Å². The minimum atomic E-state index is -0.789. The van der Waals surface area contributed by atoms with Crippen LogP contribution in [-0.2, 0) is 19.1 Å². The van der Waals surface area contributed by atoms with E-state index in [1.54, 1.807) is 24.3 Å². The largest absolute Gasteiger partial charge is 0.455 e. The molecule has 1 aliphatic rings. The average Bonchev–Trinajstić information content (AvgIpc) is 3.09. The van der Waals surface area contributed by atoms with E-state index in [1.807, 2.05) is 13.0 Å². The Hall–Kier alpha value is -3.10. The van der Waals surface area contributed by atoms with Crippen molar-refractivity contribution in [3.05, 3.63) is 63.6 Å². The lowest BCUT2D eigenvalue weighted by atomic mass is 10.1. The number of hydrogen-bond acceptors (Lipinski definition) is 5. The first kappa shape index (κ1) is 22.6. The summed E-state index contributed by atoms with van der Waals surface area (Å²) in [6, 6.07) is 11.4. The predicted octanol–water partition coefficient (Wildman–Crippen LogP) is 2.98. The van der Waals surface area contributed by atoms with Gasteiger partial charge >= 0.3 is 5.97 Å². The van der Waals surface area contributed by atoms with Crippen molar-refractivity contribution < 1.29 is 23.9 Å². The van der Waals surface area contributed by atoms with Crippen molar-refractivity contribution in [1.82, 2.24) is 10.4 Å². The van der Waals surface area contributed by atoms with E-state index in [4.69, 9.17) is 27.9 Å². The summed E-state index contributed by atoms with van der Waals surface area (Å²) in [6.45, 7) is 1.28. The van der Waals surface area contributed by atoms with Crippen molar-refractivity contribution in [3.63, 3.8) is 0 Å². The van der Waals surface area contributed by atoms with Crippen molar-refractivity contribution in [2.24, 2.45) is 5.92 Å². The van der Waals surface area contributed by atoms with Gasteiger partial charge in [-0.2, -0.15) is 0 Å². The molecule has 1 aliphatic heterocycles. The van der Waals surface area contributed by atoms with Gasteiger partial charge in [0.1, 0.15) is 0 Å². The molecule has 1 heterocycles. The summed E-state index contributed by atoms with van der Waals surface area (Å²) < 4.78 is 5.01. The molecule has 0 spiro atoms. The molecule has 10 heteroatoms. The number of nitrogens with one attached hydrogen (secondary N) is 2. The van der Waals surface area contributed by atoms with E-state index in [0.29, 0.717) is 16.3 Å². The van der Waals surface area contributed by atoms with E-state index in [9.17, 15) is 19.2 Å². The number of rotatable bonds is 6. The molecule has 0 bridgehead atoms. The van der Waals surface area contributed by atoms with Gasteiger partial charge in [0.2, 0.25) is 5.91 Å². The number of aryl methyl sites for hydroxylation is 1. The van der Waals surface area contributed by atoms with Crippen LogP contribution in [0.25, 0.3) is 0 Å². The van der Waals surface area contributed by atoms with Gasteiger partial charge in [0, 0.05) is 17.7 Å². The molecule has 31 heavy (non-hydrogen) atoms. The monoisotopic (exact) mass is 463 g/mol. The molecule has 2 aromatic carbocycles. The Kier molecular flexibility index (Phi) is 7.14. The van der Waals surface area contributed by atoms with Gasteiger partial charge in [0.15, 0.2) is 6.61 Å². The smallest absolute Gasteiger partial charge is 0.311 e. The molecule has 3 rings (SSSR count). The first-order chi connectivity index (χ1) is 14.7. The fraction of sp³-hybridized carbons (Fsp3) is 0.238. The zero-order valence-electron chi connectivity index (χ0n) is 16.5. The van der Waals surface area contributed by atoms with E-state index in [-0.39, 0.29) is 18.0 Å². The molecule has 0 saturated carbocycles. The maximum absolute atomic E-state index is 12.3. The minimum Gasteiger partial charge on any atom is -0.455 e. The summed E-state index contributed by atoms with van der Waals surface area (Å²) >= 11 is 11.7. The highest BCUT2D eigenvalue weighted by molar-refractivity contribution is 6.42. The van der Waals surface area contributed by atoms with Gasteiger partial charge < -0.3 is 10.1 Å². The van der Waals surface area contributed by atoms with Gasteiger partial charge in [-0.15, -0.1) is 0 Å². The molecule has 1 fully saturated rings. The number of anilines is 1. The number of esters is 1. The Morgan fingerprint density at radius 3 is 2.61 bits per heavy atom. The number of halogens is 2. The van der Waals surface area contributed by atoms with Crippen LogP contribution in [-0.4, -0.2) is 41.9 Å². The van der Waals surface area contributed by atoms with Gasteiger partial charge in [0.05, 0.1) is 22.5 Å². The SMILES string of the molecule is Cc1cccc(C(=O)NN2C[C@H](C(=O)OCC(=O)Nc3ccc(Cl)c(Cl)c3)CC2=O)c1. The maximum Gasteiger partial charge on any atom is 0.311 e. The van der Waals surface area contributed by atoms with Crippen LogP contribution in [0.4, 0.5) is 5.69 Å². The number of hydrazine groups is 1. The molecule has 1 saturated heterocycles. The zero-order valence-corrected chi connectivity index (χ0v) is 18.0. The van der Waals surface area contributed by atoms with Crippen LogP contribution in [0.2, 0.25) is 10.0 Å². The zero-order chi connectivity index (χ0) is 22.5. The molecule has 162 valence electrons. The Bertz CT molecular complexity index is 1040. The van der Waals surface area contributed by atoms with Crippen LogP contribution in [0.1, 0.15) is 22.3 Å². The van der Waals surface area contributed by atoms with Gasteiger partial charge in [-0.1, -0.05) is 40.9 Å². The van der Waals surface area contributed by atoms with Crippen LogP contribution in [0.3, 0.4) is 0 Å². The molecule has 3 amide bonds. The van der Waals surface area contributed by atoms with Gasteiger partial charge in [-0.05, 0) is 37.3 Å². The van der Waals surface area contributed by atoms with Crippen molar-refractivity contribution in [2.45, 2.75) is 13.3 Å². The number of carbonyl (C=O) groups excluding carboxylic acids is 4. The number of benzene rings is 2. The Morgan fingerprint density at radius 2 is 1.90 bits per heavy atom. The van der Waals surface area contributed by atoms with Crippen LogP contribution in [0.15, 0.2) is 42.5 Å². The second kappa shape index (κ2) is 9.80. The summed E-state index contributed by atoms with van der Waals surface area (Å²) in [7, 11) is 0. The van der Waals surface area contributed by atoms with E-state index < -0.39 is 36.2 Å². The third kappa shape index (κ3) is 5.96. The number of nitrogens with zero attached hydrogens (tertiary/aromatic N) is 1. The molecule has 0 radical (unpaired) electrons. The van der Waals surface area contributed by atoms with Crippen LogP contribution in [0, 0.1) is 12.8 Å². The summed E-state index contributed by atoms with van der Waals surface area (Å²) in [6.07, 6.45) is -0.124. The van der Waals surface area contributed by atoms with Crippen molar-refractivity contribution in [3.8, 4) is 0 Å². The molecule has 2 N–H and O–H groups in total. The van der Waals surface area contributed by atoms with Crippen LogP contribution in [0.5, 0.6) is 0 Å². The Morgan fingerprint density at radius 1 is 1.13 bits per heavy atom. The number of amides is 3. The predicted molar refractivity (Wildman–Crippen MR) is 115 cm³/mol. The molecular formula is C21H19Cl2N3O5. The number of carbonyl (C=O) groups is 4. The summed E-state index contributed by atoms with van der Waals surface area (Å²) in [5, 5.41) is 4.23. The minimum absolute atomic E-state index is 0.0381. The average molecular weight is 464 g/mol. The fourth-order valence-corrected chi connectivity index (χ4v) is 3.27. The van der Waals surface area contributed by atoms with E-state index in [2.05, 4.69) is 10.7 Å². The molecular weight excluding hydrogens is 445 g/mol. The second-order valence-corrected chi connectivity index (χ2v) is 7.81. The number of ether oxygens (including phenoxy) is 1. The molecule has 2 aromatic rings. The van der Waals surface area contributed by atoms with Gasteiger partial charge in [-0.3, -0.25) is 29.6 Å². The second-order valence-electron chi connectivity index (χ2n) is 7.00. The lowest BCUT2D eigenvalue weighted by Gasteiger charge is -2.17. The van der Waals surface area contributed by atoms with Crippen LogP contribution >= 0.6 is 23.2 Å². The van der Waals surface area contributed by atoms with Crippen LogP contribution < -0.4 is 10.7 Å². The first-order valence-corrected chi connectivity index (χ1v) is 10.1. The van der Waals surface area contributed by atoms with Crippen molar-refractivity contribution >= 4 is 52.6 Å². The summed E-state index contributed by atoms with van der Waals surface area (Å²) in [5.41, 5.74) is 4.20. The first-order valence-electron chi connectivity index (χ1n) is 9.32. The Labute approximate surface area is 188 Å². The third-order valence-corrected chi connectivity index (χ3v) is 5.26. The summed E-state index contributed by atoms with van der Waals surface area (Å²) in [4.78, 5) is 48.7. The van der Waals surface area contributed by atoms with Crippen molar-refractivity contribution in [2.75, 3.05) is 18.5 Å². The topological polar surface area (TPSA) is 105 Å². The molecule has 0 aliphatic carbocycles. The lowest BCUT2D eigenvalue weighted by Crippen LogP contribution is -2.43. The van der Waals surface area contributed by atoms with Gasteiger partial charge in [-0.25, -0.2) is 0 Å². The normalized spacial score (nSPS) is 15.5. The highest BCUT2D eigenvalue weighted by atomic mass is 35.5. The highest BCUT2D eigenvalue weighted by Crippen LogP contribution is 2.25. The number of hydrogen-bond donors (Lipinski definition) is 2. The van der Waals surface area contributed by atoms with E-state index in [0.717, 1.165) is 10.6 Å². The summed E-state index contributed by atoms with van der Waals surface area (Å²) in [5.74, 6) is -2.93.